The van der Waals surface area contributed by atoms with Crippen molar-refractivity contribution in [2.75, 3.05) is 26.7 Å². The SMILES string of the molecule is COc1cccc([C@@H]2CN(C(=O)c3ncccc3C)[C@@H]3C4CCN(CC4)[C@@H]32)c1. The van der Waals surface area contributed by atoms with E-state index in [1.54, 1.807) is 13.3 Å². The minimum absolute atomic E-state index is 0.0900. The molecule has 2 aromatic rings. The van der Waals surface area contributed by atoms with Crippen LogP contribution in [0.1, 0.15) is 40.4 Å². The number of rotatable bonds is 3. The van der Waals surface area contributed by atoms with E-state index in [2.05, 4.69) is 33.0 Å². The Morgan fingerprint density at radius 3 is 2.71 bits per heavy atom. The Bertz CT molecular complexity index is 891. The van der Waals surface area contributed by atoms with Crippen LogP contribution in [0.5, 0.6) is 5.75 Å². The summed E-state index contributed by atoms with van der Waals surface area (Å²) < 4.78 is 5.47. The number of methoxy groups -OCH3 is 1. The third-order valence-electron chi connectivity index (χ3n) is 6.99. The van der Waals surface area contributed by atoms with Crippen LogP contribution in [0.4, 0.5) is 0 Å². The number of ether oxygens (including phenoxy) is 1. The number of nitrogens with zero attached hydrogens (tertiary/aromatic N) is 3. The minimum Gasteiger partial charge on any atom is -0.497 e. The lowest BCUT2D eigenvalue weighted by Crippen LogP contribution is -2.60. The first-order chi connectivity index (χ1) is 13.7. The number of pyridine rings is 1. The number of carbonyl (C=O) groups excluding carboxylic acids is 1. The van der Waals surface area contributed by atoms with Crippen molar-refractivity contribution in [2.45, 2.75) is 37.8 Å². The lowest BCUT2D eigenvalue weighted by atomic mass is 9.75. The predicted molar refractivity (Wildman–Crippen MR) is 108 cm³/mol. The first-order valence-electron chi connectivity index (χ1n) is 10.3. The largest absolute Gasteiger partial charge is 0.497 e. The molecule has 0 unspecified atom stereocenters. The predicted octanol–water partition coefficient (Wildman–Crippen LogP) is 3.10. The molecule has 0 radical (unpaired) electrons. The van der Waals surface area contributed by atoms with Gasteiger partial charge in [0, 0.05) is 24.7 Å². The number of amides is 1. The molecule has 3 atom stereocenters. The second-order valence-electron chi connectivity index (χ2n) is 8.36. The Morgan fingerprint density at radius 2 is 1.96 bits per heavy atom. The van der Waals surface area contributed by atoms with Gasteiger partial charge in [0.25, 0.3) is 5.91 Å². The van der Waals surface area contributed by atoms with Gasteiger partial charge >= 0.3 is 0 Å². The third-order valence-corrected chi connectivity index (χ3v) is 6.99. The molecule has 4 saturated heterocycles. The minimum atomic E-state index is 0.0900. The summed E-state index contributed by atoms with van der Waals surface area (Å²) >= 11 is 0. The molecule has 4 aliphatic heterocycles. The first-order valence-corrected chi connectivity index (χ1v) is 10.3. The number of aryl methyl sites for hydroxylation is 1. The Hall–Kier alpha value is -2.40. The topological polar surface area (TPSA) is 45.7 Å². The van der Waals surface area contributed by atoms with E-state index in [-0.39, 0.29) is 11.9 Å². The van der Waals surface area contributed by atoms with Crippen molar-refractivity contribution >= 4 is 5.91 Å². The fraction of sp³-hybridized carbons (Fsp3) is 0.478. The van der Waals surface area contributed by atoms with Gasteiger partial charge in [0.15, 0.2) is 0 Å². The molecule has 2 bridgehead atoms. The van der Waals surface area contributed by atoms with Crippen LogP contribution in [-0.2, 0) is 0 Å². The number of likely N-dealkylation sites (tertiary alicyclic amines) is 1. The van der Waals surface area contributed by atoms with Crippen LogP contribution in [-0.4, -0.2) is 59.5 Å². The zero-order valence-electron chi connectivity index (χ0n) is 16.5. The van der Waals surface area contributed by atoms with E-state index in [4.69, 9.17) is 4.74 Å². The molecular formula is C23H27N3O2. The van der Waals surface area contributed by atoms with Gasteiger partial charge in [0.05, 0.1) is 13.2 Å². The fourth-order valence-electron chi connectivity index (χ4n) is 5.67. The quantitative estimate of drug-likeness (QED) is 0.825. The summed E-state index contributed by atoms with van der Waals surface area (Å²) in [4.78, 5) is 22.7. The van der Waals surface area contributed by atoms with Gasteiger partial charge in [-0.05, 0) is 68.1 Å². The molecule has 0 spiro atoms. The van der Waals surface area contributed by atoms with Crippen molar-refractivity contribution in [2.24, 2.45) is 5.92 Å². The average molecular weight is 377 g/mol. The normalized spacial score (nSPS) is 30.9. The van der Waals surface area contributed by atoms with Gasteiger partial charge in [-0.2, -0.15) is 0 Å². The summed E-state index contributed by atoms with van der Waals surface area (Å²) in [5.74, 6) is 1.89. The highest BCUT2D eigenvalue weighted by Crippen LogP contribution is 2.47. The van der Waals surface area contributed by atoms with Crippen LogP contribution >= 0.6 is 0 Å². The standard InChI is InChI=1S/C23H27N3O2/c1-15-5-4-10-24-20(15)23(27)26-14-19(17-6-3-7-18(13-17)28-2)22-21(26)16-8-11-25(22)12-9-16/h3-7,10,13,16,19,21-22H,8-9,11-12,14H2,1-2H3/t19-,21+,22+/m0/s1. The van der Waals surface area contributed by atoms with Crippen molar-refractivity contribution in [1.29, 1.82) is 0 Å². The molecule has 5 heteroatoms. The van der Waals surface area contributed by atoms with E-state index < -0.39 is 0 Å². The highest BCUT2D eigenvalue weighted by atomic mass is 16.5. The molecule has 1 aromatic carbocycles. The molecule has 1 amide bonds. The molecule has 0 saturated carbocycles. The van der Waals surface area contributed by atoms with Crippen molar-refractivity contribution in [1.82, 2.24) is 14.8 Å². The molecule has 0 aliphatic carbocycles. The summed E-state index contributed by atoms with van der Waals surface area (Å²) in [5, 5.41) is 0. The van der Waals surface area contributed by atoms with Crippen molar-refractivity contribution in [3.05, 3.63) is 59.4 Å². The number of piperidine rings is 3. The molecule has 146 valence electrons. The van der Waals surface area contributed by atoms with Crippen molar-refractivity contribution < 1.29 is 9.53 Å². The summed E-state index contributed by atoms with van der Waals surface area (Å²) in [6, 6.07) is 12.9. The van der Waals surface area contributed by atoms with Crippen LogP contribution in [0.2, 0.25) is 0 Å². The zero-order valence-corrected chi connectivity index (χ0v) is 16.5. The van der Waals surface area contributed by atoms with E-state index in [1.165, 1.54) is 18.4 Å². The van der Waals surface area contributed by atoms with Crippen molar-refractivity contribution in [3.8, 4) is 5.75 Å². The van der Waals surface area contributed by atoms with Gasteiger partial charge in [0.2, 0.25) is 0 Å². The highest BCUT2D eigenvalue weighted by molar-refractivity contribution is 5.94. The van der Waals surface area contributed by atoms with Gasteiger partial charge < -0.3 is 9.64 Å². The molecule has 4 aliphatic rings. The first kappa shape index (κ1) is 17.7. The Morgan fingerprint density at radius 1 is 1.14 bits per heavy atom. The van der Waals surface area contributed by atoms with Crippen LogP contribution in [0.3, 0.4) is 0 Å². The molecule has 4 fully saturated rings. The zero-order chi connectivity index (χ0) is 19.3. The molecular weight excluding hydrogens is 350 g/mol. The van der Waals surface area contributed by atoms with Gasteiger partial charge in [-0.1, -0.05) is 18.2 Å². The van der Waals surface area contributed by atoms with Gasteiger partial charge in [-0.25, -0.2) is 0 Å². The van der Waals surface area contributed by atoms with Crippen LogP contribution in [0.15, 0.2) is 42.6 Å². The summed E-state index contributed by atoms with van der Waals surface area (Å²) in [5.41, 5.74) is 2.83. The number of fused-ring (bicyclic) bond motifs is 2. The van der Waals surface area contributed by atoms with Gasteiger partial charge in [0.1, 0.15) is 11.4 Å². The highest BCUT2D eigenvalue weighted by Gasteiger charge is 2.54. The maximum absolute atomic E-state index is 13.5. The number of carbonyl (C=O) groups is 1. The Labute approximate surface area is 166 Å². The third kappa shape index (κ3) is 2.72. The number of hydrogen-bond acceptors (Lipinski definition) is 4. The van der Waals surface area contributed by atoms with Crippen LogP contribution in [0, 0.1) is 12.8 Å². The van der Waals surface area contributed by atoms with Gasteiger partial charge in [-0.15, -0.1) is 0 Å². The lowest BCUT2D eigenvalue weighted by molar-refractivity contribution is -0.00361. The molecule has 5 nitrogen and oxygen atoms in total. The average Bonchev–Trinajstić information content (AvgIpc) is 3.17. The number of hydrogen-bond donors (Lipinski definition) is 0. The van der Waals surface area contributed by atoms with Gasteiger partial charge in [-0.3, -0.25) is 14.7 Å². The number of benzene rings is 1. The van der Waals surface area contributed by atoms with E-state index in [0.717, 1.165) is 30.9 Å². The summed E-state index contributed by atoms with van der Waals surface area (Å²) in [6.45, 7) is 5.03. The Balaban J connectivity index is 1.54. The second-order valence-corrected chi connectivity index (χ2v) is 8.36. The van der Waals surface area contributed by atoms with Crippen LogP contribution < -0.4 is 4.74 Å². The molecule has 6 rings (SSSR count). The lowest BCUT2D eigenvalue weighted by Gasteiger charge is -2.51. The second kappa shape index (κ2) is 6.89. The molecule has 1 aromatic heterocycles. The maximum atomic E-state index is 13.5. The molecule has 5 heterocycles. The van der Waals surface area contributed by atoms with E-state index in [9.17, 15) is 4.79 Å². The Kier molecular flexibility index (Phi) is 4.35. The summed E-state index contributed by atoms with van der Waals surface area (Å²) in [7, 11) is 1.71. The fourth-order valence-corrected chi connectivity index (χ4v) is 5.67. The van der Waals surface area contributed by atoms with Crippen molar-refractivity contribution in [3.63, 3.8) is 0 Å². The van der Waals surface area contributed by atoms with Crippen LogP contribution in [0.25, 0.3) is 0 Å². The maximum Gasteiger partial charge on any atom is 0.273 e. The summed E-state index contributed by atoms with van der Waals surface area (Å²) in [6.07, 6.45) is 4.11. The molecule has 28 heavy (non-hydrogen) atoms. The smallest absolute Gasteiger partial charge is 0.273 e. The number of aromatic nitrogens is 1. The van der Waals surface area contributed by atoms with E-state index in [0.29, 0.717) is 23.6 Å². The van der Waals surface area contributed by atoms with E-state index in [1.807, 2.05) is 25.1 Å². The molecule has 0 N–H and O–H groups in total. The monoisotopic (exact) mass is 377 g/mol. The van der Waals surface area contributed by atoms with E-state index >= 15 is 0 Å².